The maximum atomic E-state index is 9.17. The molecule has 0 bridgehead atoms. The van der Waals surface area contributed by atoms with Crippen LogP contribution in [0, 0.1) is 5.92 Å². The fraction of sp³-hybridized carbons (Fsp3) is 0.818. The Kier molecular flexibility index (Phi) is 3.36. The zero-order chi connectivity index (χ0) is 10.7. The Morgan fingerprint density at radius 3 is 3.07 bits per heavy atom. The first kappa shape index (κ1) is 10.6. The molecule has 0 spiro atoms. The molecule has 1 aliphatic heterocycles. The van der Waals surface area contributed by atoms with E-state index in [2.05, 4.69) is 21.7 Å². The molecule has 0 aliphatic carbocycles. The summed E-state index contributed by atoms with van der Waals surface area (Å²) < 4.78 is 2.21. The number of unbranched alkanes of at least 4 members (excludes halogenated alkanes) is 1. The van der Waals surface area contributed by atoms with Crippen LogP contribution in [0.3, 0.4) is 0 Å². The molecule has 0 radical (unpaired) electrons. The Morgan fingerprint density at radius 1 is 1.47 bits per heavy atom. The van der Waals surface area contributed by atoms with Crippen LogP contribution < -0.4 is 0 Å². The Bertz CT molecular complexity index is 322. The first-order chi connectivity index (χ1) is 7.35. The number of aliphatic hydroxyl groups is 1. The normalized spacial score (nSPS) is 20.3. The van der Waals surface area contributed by atoms with Gasteiger partial charge in [0.05, 0.1) is 0 Å². The van der Waals surface area contributed by atoms with Crippen molar-refractivity contribution < 1.29 is 5.11 Å². The van der Waals surface area contributed by atoms with E-state index in [1.165, 1.54) is 12.8 Å². The van der Waals surface area contributed by atoms with Crippen molar-refractivity contribution in [1.82, 2.24) is 14.8 Å². The Labute approximate surface area is 90.3 Å². The highest BCUT2D eigenvalue weighted by atomic mass is 16.3. The van der Waals surface area contributed by atoms with Gasteiger partial charge in [-0.3, -0.25) is 0 Å². The largest absolute Gasteiger partial charge is 0.396 e. The summed E-state index contributed by atoms with van der Waals surface area (Å²) in [5.41, 5.74) is 0. The lowest BCUT2D eigenvalue weighted by molar-refractivity contribution is 0.189. The van der Waals surface area contributed by atoms with Gasteiger partial charge in [-0.05, 0) is 12.8 Å². The Hall–Kier alpha value is -0.900. The molecule has 2 rings (SSSR count). The summed E-state index contributed by atoms with van der Waals surface area (Å²) in [5, 5.41) is 17.6. The Balaban J connectivity index is 2.10. The summed E-state index contributed by atoms with van der Waals surface area (Å²) in [6.07, 6.45) is 5.38. The zero-order valence-corrected chi connectivity index (χ0v) is 9.32. The van der Waals surface area contributed by atoms with E-state index in [0.717, 1.165) is 37.5 Å². The molecule has 4 nitrogen and oxygen atoms in total. The van der Waals surface area contributed by atoms with Gasteiger partial charge >= 0.3 is 0 Å². The molecule has 1 aromatic rings. The van der Waals surface area contributed by atoms with E-state index in [9.17, 15) is 0 Å². The molecule has 15 heavy (non-hydrogen) atoms. The molecule has 0 saturated carbocycles. The van der Waals surface area contributed by atoms with Gasteiger partial charge in [-0.15, -0.1) is 10.2 Å². The van der Waals surface area contributed by atoms with Gasteiger partial charge < -0.3 is 9.67 Å². The minimum atomic E-state index is 0.283. The number of hydrogen-bond acceptors (Lipinski definition) is 3. The predicted molar refractivity (Wildman–Crippen MR) is 57.5 cm³/mol. The van der Waals surface area contributed by atoms with Gasteiger partial charge in [0.25, 0.3) is 0 Å². The molecular weight excluding hydrogens is 190 g/mol. The van der Waals surface area contributed by atoms with E-state index < -0.39 is 0 Å². The third-order valence-electron chi connectivity index (χ3n) is 3.13. The van der Waals surface area contributed by atoms with Crippen LogP contribution in [0.25, 0.3) is 0 Å². The fourth-order valence-electron chi connectivity index (χ4n) is 2.12. The van der Waals surface area contributed by atoms with E-state index in [1.807, 2.05) is 0 Å². The summed E-state index contributed by atoms with van der Waals surface area (Å²) in [5.74, 6) is 2.60. The topological polar surface area (TPSA) is 50.9 Å². The van der Waals surface area contributed by atoms with Gasteiger partial charge in [-0.2, -0.15) is 0 Å². The van der Waals surface area contributed by atoms with Gasteiger partial charge in [0.2, 0.25) is 0 Å². The molecule has 4 heteroatoms. The number of rotatable bonds is 4. The first-order valence-corrected chi connectivity index (χ1v) is 5.87. The molecule has 1 atom stereocenters. The minimum Gasteiger partial charge on any atom is -0.396 e. The maximum Gasteiger partial charge on any atom is 0.133 e. The van der Waals surface area contributed by atoms with E-state index >= 15 is 0 Å². The van der Waals surface area contributed by atoms with Crippen LogP contribution in [0.15, 0.2) is 0 Å². The monoisotopic (exact) mass is 209 g/mol. The summed E-state index contributed by atoms with van der Waals surface area (Å²) in [7, 11) is 0. The molecule has 1 aliphatic rings. The van der Waals surface area contributed by atoms with Crippen LogP contribution >= 0.6 is 0 Å². The van der Waals surface area contributed by atoms with Crippen LogP contribution in [0.1, 0.15) is 37.8 Å². The molecule has 0 saturated heterocycles. The SMILES string of the molecule is CCCCc1nnc2n1CC(CO)CC2. The van der Waals surface area contributed by atoms with E-state index in [4.69, 9.17) is 5.11 Å². The molecular formula is C11H19N3O. The van der Waals surface area contributed by atoms with Gasteiger partial charge in [0, 0.05) is 31.9 Å². The number of aromatic nitrogens is 3. The second-order valence-electron chi connectivity index (χ2n) is 4.33. The lowest BCUT2D eigenvalue weighted by Gasteiger charge is -2.22. The van der Waals surface area contributed by atoms with Crippen LogP contribution in [-0.2, 0) is 19.4 Å². The van der Waals surface area contributed by atoms with Crippen molar-refractivity contribution in [3.05, 3.63) is 11.6 Å². The number of nitrogens with zero attached hydrogens (tertiary/aromatic N) is 3. The standard InChI is InChI=1S/C11H19N3O/c1-2-3-4-10-12-13-11-6-5-9(8-15)7-14(10)11/h9,15H,2-8H2,1H3. The van der Waals surface area contributed by atoms with E-state index in [-0.39, 0.29) is 6.61 Å². The molecule has 0 aromatic carbocycles. The predicted octanol–water partition coefficient (Wildman–Crippen LogP) is 1.18. The zero-order valence-electron chi connectivity index (χ0n) is 9.32. The van der Waals surface area contributed by atoms with Crippen LogP contribution in [0.5, 0.6) is 0 Å². The van der Waals surface area contributed by atoms with Crippen molar-refractivity contribution >= 4 is 0 Å². The van der Waals surface area contributed by atoms with Gasteiger partial charge in [-0.1, -0.05) is 13.3 Å². The molecule has 84 valence electrons. The Morgan fingerprint density at radius 2 is 2.33 bits per heavy atom. The van der Waals surface area contributed by atoms with Crippen LogP contribution in [-0.4, -0.2) is 26.5 Å². The average Bonchev–Trinajstić information content (AvgIpc) is 2.68. The molecule has 0 amide bonds. The van der Waals surface area contributed by atoms with Crippen molar-refractivity contribution in [1.29, 1.82) is 0 Å². The molecule has 1 N–H and O–H groups in total. The van der Waals surface area contributed by atoms with Crippen molar-refractivity contribution in [2.24, 2.45) is 5.92 Å². The number of fused-ring (bicyclic) bond motifs is 1. The van der Waals surface area contributed by atoms with Crippen LogP contribution in [0.4, 0.5) is 0 Å². The summed E-state index contributed by atoms with van der Waals surface area (Å²) in [6.45, 7) is 3.37. The quantitative estimate of drug-likeness (QED) is 0.810. The van der Waals surface area contributed by atoms with E-state index in [1.54, 1.807) is 0 Å². The van der Waals surface area contributed by atoms with Gasteiger partial charge in [0.15, 0.2) is 0 Å². The summed E-state index contributed by atoms with van der Waals surface area (Å²) in [6, 6.07) is 0. The lowest BCUT2D eigenvalue weighted by atomic mass is 10.0. The molecule has 2 heterocycles. The first-order valence-electron chi connectivity index (χ1n) is 5.87. The van der Waals surface area contributed by atoms with Crippen molar-refractivity contribution in [2.45, 2.75) is 45.6 Å². The highest BCUT2D eigenvalue weighted by Crippen LogP contribution is 2.20. The molecule has 0 fully saturated rings. The third-order valence-corrected chi connectivity index (χ3v) is 3.13. The number of aryl methyl sites for hydroxylation is 2. The molecule has 1 unspecified atom stereocenters. The smallest absolute Gasteiger partial charge is 0.133 e. The second-order valence-corrected chi connectivity index (χ2v) is 4.33. The highest BCUT2D eigenvalue weighted by Gasteiger charge is 2.21. The van der Waals surface area contributed by atoms with Crippen LogP contribution in [0.2, 0.25) is 0 Å². The van der Waals surface area contributed by atoms with Crippen molar-refractivity contribution in [2.75, 3.05) is 6.61 Å². The van der Waals surface area contributed by atoms with Gasteiger partial charge in [0.1, 0.15) is 11.6 Å². The average molecular weight is 209 g/mol. The highest BCUT2D eigenvalue weighted by molar-refractivity contribution is 5.00. The minimum absolute atomic E-state index is 0.283. The summed E-state index contributed by atoms with van der Waals surface area (Å²) >= 11 is 0. The van der Waals surface area contributed by atoms with E-state index in [0.29, 0.717) is 5.92 Å². The lowest BCUT2D eigenvalue weighted by Crippen LogP contribution is -2.24. The number of hydrogen-bond donors (Lipinski definition) is 1. The number of aliphatic hydroxyl groups excluding tert-OH is 1. The maximum absolute atomic E-state index is 9.17. The fourth-order valence-corrected chi connectivity index (χ4v) is 2.12. The second kappa shape index (κ2) is 4.75. The van der Waals surface area contributed by atoms with Crippen molar-refractivity contribution in [3.8, 4) is 0 Å². The molecule has 1 aromatic heterocycles. The van der Waals surface area contributed by atoms with Crippen molar-refractivity contribution in [3.63, 3.8) is 0 Å². The summed E-state index contributed by atoms with van der Waals surface area (Å²) in [4.78, 5) is 0. The third kappa shape index (κ3) is 2.20. The van der Waals surface area contributed by atoms with Gasteiger partial charge in [-0.25, -0.2) is 0 Å².